The first-order chi connectivity index (χ1) is 13.2. The summed E-state index contributed by atoms with van der Waals surface area (Å²) < 4.78 is 2.24. The lowest BCUT2D eigenvalue weighted by molar-refractivity contribution is 0.104. The Morgan fingerprint density at radius 2 is 1.56 bits per heavy atom. The van der Waals surface area contributed by atoms with Crippen molar-refractivity contribution in [2.24, 2.45) is 0 Å². The van der Waals surface area contributed by atoms with Crippen LogP contribution in [0.15, 0.2) is 66.9 Å². The zero-order valence-electron chi connectivity index (χ0n) is 16.0. The molecule has 27 heavy (non-hydrogen) atoms. The molecule has 0 spiro atoms. The summed E-state index contributed by atoms with van der Waals surface area (Å²) in [5.74, 6) is 0.108. The van der Waals surface area contributed by atoms with Crippen LogP contribution in [0.1, 0.15) is 42.1 Å². The number of para-hydroxylation sites is 1. The lowest BCUT2D eigenvalue weighted by Gasteiger charge is -2.08. The summed E-state index contributed by atoms with van der Waals surface area (Å²) in [6.45, 7) is 3.17. The van der Waals surface area contributed by atoms with Gasteiger partial charge in [0.25, 0.3) is 0 Å². The van der Waals surface area contributed by atoms with E-state index in [2.05, 4.69) is 55.9 Å². The summed E-state index contributed by atoms with van der Waals surface area (Å²) in [6.07, 6.45) is 5.59. The highest BCUT2D eigenvalue weighted by molar-refractivity contribution is 6.40. The van der Waals surface area contributed by atoms with Crippen LogP contribution in [0.3, 0.4) is 0 Å². The number of ketones is 1. The molecule has 0 fully saturated rings. The molecule has 1 heterocycles. The van der Waals surface area contributed by atoms with E-state index in [0.29, 0.717) is 0 Å². The number of nitrogens with zero attached hydrogens (tertiary/aromatic N) is 1. The van der Waals surface area contributed by atoms with Crippen LogP contribution in [0, 0.1) is 0 Å². The molecule has 4 aromatic rings. The van der Waals surface area contributed by atoms with E-state index in [1.807, 2.05) is 30.3 Å². The molecule has 0 atom stereocenters. The maximum atomic E-state index is 13.5. The highest BCUT2D eigenvalue weighted by atomic mass is 16.1. The number of aromatic nitrogens is 1. The summed E-state index contributed by atoms with van der Waals surface area (Å²) in [4.78, 5) is 13.5. The second kappa shape index (κ2) is 7.44. The van der Waals surface area contributed by atoms with Gasteiger partial charge in [-0.25, -0.2) is 0 Å². The minimum absolute atomic E-state index is 0.108. The fourth-order valence-electron chi connectivity index (χ4n) is 3.94. The molecule has 0 aliphatic rings. The molecular weight excluding hydrogens is 329 g/mol. The molecule has 0 N–H and O–H groups in total. The van der Waals surface area contributed by atoms with E-state index in [1.165, 1.54) is 18.3 Å². The molecule has 0 bridgehead atoms. The third kappa shape index (κ3) is 3.19. The predicted molar refractivity (Wildman–Crippen MR) is 117 cm³/mol. The second-order valence-electron chi connectivity index (χ2n) is 7.27. The van der Waals surface area contributed by atoms with Crippen LogP contribution in [0.2, 0.25) is 0 Å². The normalized spacial score (nSPS) is 11.3. The summed E-state index contributed by atoms with van der Waals surface area (Å²) >= 11 is 0. The fraction of sp³-hybridized carbons (Fsp3) is 0.208. The predicted octanol–water partition coefficient (Wildman–Crippen LogP) is 4.47. The molecular formula is C24H24BNO. The van der Waals surface area contributed by atoms with E-state index in [1.54, 1.807) is 0 Å². The smallest absolute Gasteiger partial charge is 0.195 e. The van der Waals surface area contributed by atoms with Gasteiger partial charge in [0.2, 0.25) is 0 Å². The van der Waals surface area contributed by atoms with Crippen LogP contribution in [0.5, 0.6) is 0 Å². The van der Waals surface area contributed by atoms with Gasteiger partial charge in [-0.1, -0.05) is 79.8 Å². The van der Waals surface area contributed by atoms with E-state index in [4.69, 9.17) is 0 Å². The van der Waals surface area contributed by atoms with Crippen molar-refractivity contribution in [1.82, 2.24) is 4.57 Å². The monoisotopic (exact) mass is 353 g/mol. The van der Waals surface area contributed by atoms with Crippen molar-refractivity contribution in [2.75, 3.05) is 0 Å². The van der Waals surface area contributed by atoms with E-state index < -0.39 is 0 Å². The van der Waals surface area contributed by atoms with Crippen molar-refractivity contribution in [2.45, 2.75) is 32.7 Å². The van der Waals surface area contributed by atoms with Crippen LogP contribution in [-0.4, -0.2) is 18.2 Å². The molecule has 3 heteroatoms. The number of unbranched alkanes of at least 4 members (excludes halogenated alkanes) is 2. The number of aryl methyl sites for hydroxylation is 1. The fourth-order valence-corrected chi connectivity index (χ4v) is 3.94. The minimum atomic E-state index is 0.108. The quantitative estimate of drug-likeness (QED) is 0.285. The Kier molecular flexibility index (Phi) is 4.85. The van der Waals surface area contributed by atoms with Crippen LogP contribution >= 0.6 is 0 Å². The van der Waals surface area contributed by atoms with Gasteiger partial charge in [0.05, 0.1) is 0 Å². The summed E-state index contributed by atoms with van der Waals surface area (Å²) in [6, 6.07) is 20.5. The molecule has 3 aromatic carbocycles. The van der Waals surface area contributed by atoms with Gasteiger partial charge in [-0.2, -0.15) is 0 Å². The molecule has 0 saturated carbocycles. The lowest BCUT2D eigenvalue weighted by Crippen LogP contribution is -2.09. The van der Waals surface area contributed by atoms with Crippen LogP contribution in [0.25, 0.3) is 21.7 Å². The average molecular weight is 353 g/mol. The number of rotatable bonds is 6. The molecule has 1 aromatic heterocycles. The third-order valence-corrected chi connectivity index (χ3v) is 5.42. The first kappa shape index (κ1) is 17.6. The highest BCUT2D eigenvalue weighted by Crippen LogP contribution is 2.27. The standard InChI is InChI=1S/C24H24BNO/c1-2-3-8-15-26-16-21(19-11-6-7-12-23(19)26)24(27)20-13-14-22(25)18-10-5-4-9-17(18)20/h4-7,9-14,16H,2-3,8,15,25H2,1H3. The Morgan fingerprint density at radius 1 is 0.852 bits per heavy atom. The van der Waals surface area contributed by atoms with Crippen molar-refractivity contribution in [3.63, 3.8) is 0 Å². The van der Waals surface area contributed by atoms with E-state index in [0.717, 1.165) is 45.8 Å². The van der Waals surface area contributed by atoms with Gasteiger partial charge in [0.1, 0.15) is 7.85 Å². The Balaban J connectivity index is 1.83. The maximum absolute atomic E-state index is 13.5. The largest absolute Gasteiger partial charge is 0.347 e. The van der Waals surface area contributed by atoms with Gasteiger partial charge < -0.3 is 4.57 Å². The summed E-state index contributed by atoms with van der Waals surface area (Å²) in [5.41, 5.74) is 3.93. The molecule has 0 aliphatic carbocycles. The molecule has 2 nitrogen and oxygen atoms in total. The van der Waals surface area contributed by atoms with Gasteiger partial charge in [0.15, 0.2) is 5.78 Å². The van der Waals surface area contributed by atoms with Crippen molar-refractivity contribution < 1.29 is 4.79 Å². The Morgan fingerprint density at radius 3 is 2.33 bits per heavy atom. The van der Waals surface area contributed by atoms with Gasteiger partial charge in [-0.15, -0.1) is 0 Å². The van der Waals surface area contributed by atoms with E-state index in [-0.39, 0.29) is 5.78 Å². The van der Waals surface area contributed by atoms with E-state index in [9.17, 15) is 4.79 Å². The zero-order valence-corrected chi connectivity index (χ0v) is 16.0. The number of fused-ring (bicyclic) bond motifs is 2. The summed E-state index contributed by atoms with van der Waals surface area (Å²) in [7, 11) is 2.09. The van der Waals surface area contributed by atoms with Crippen LogP contribution < -0.4 is 5.46 Å². The molecule has 0 radical (unpaired) electrons. The third-order valence-electron chi connectivity index (χ3n) is 5.42. The highest BCUT2D eigenvalue weighted by Gasteiger charge is 2.18. The first-order valence-corrected chi connectivity index (χ1v) is 9.81. The van der Waals surface area contributed by atoms with Crippen molar-refractivity contribution in [3.05, 3.63) is 78.0 Å². The van der Waals surface area contributed by atoms with Crippen molar-refractivity contribution >= 4 is 40.8 Å². The molecule has 0 amide bonds. The van der Waals surface area contributed by atoms with Crippen LogP contribution in [-0.2, 0) is 6.54 Å². The number of benzene rings is 3. The topological polar surface area (TPSA) is 22.0 Å². The van der Waals surface area contributed by atoms with Crippen molar-refractivity contribution in [3.8, 4) is 0 Å². The van der Waals surface area contributed by atoms with Crippen molar-refractivity contribution in [1.29, 1.82) is 0 Å². The van der Waals surface area contributed by atoms with Gasteiger partial charge >= 0.3 is 0 Å². The molecule has 0 aliphatic heterocycles. The minimum Gasteiger partial charge on any atom is -0.347 e. The van der Waals surface area contributed by atoms with E-state index >= 15 is 0 Å². The van der Waals surface area contributed by atoms with Crippen LogP contribution in [0.4, 0.5) is 0 Å². The van der Waals surface area contributed by atoms with Gasteiger partial charge in [-0.3, -0.25) is 4.79 Å². The van der Waals surface area contributed by atoms with Gasteiger partial charge in [0, 0.05) is 34.8 Å². The summed E-state index contributed by atoms with van der Waals surface area (Å²) in [5, 5.41) is 3.23. The number of carbonyl (C=O) groups excluding carboxylic acids is 1. The molecule has 0 unspecified atom stereocenters. The number of hydrogen-bond donors (Lipinski definition) is 0. The molecule has 134 valence electrons. The lowest BCUT2D eigenvalue weighted by atomic mass is 9.86. The Hall–Kier alpha value is -2.81. The SMILES string of the molecule is Bc1ccc(C(=O)c2cn(CCCCC)c3ccccc23)c2ccccc12. The average Bonchev–Trinajstić information content (AvgIpc) is 3.07. The number of hydrogen-bond acceptors (Lipinski definition) is 1. The zero-order chi connectivity index (χ0) is 18.8. The Bertz CT molecular complexity index is 1130. The molecule has 4 rings (SSSR count). The number of carbonyl (C=O) groups is 1. The second-order valence-corrected chi connectivity index (χ2v) is 7.27. The molecule has 0 saturated heterocycles. The first-order valence-electron chi connectivity index (χ1n) is 9.81. The van der Waals surface area contributed by atoms with Gasteiger partial charge in [-0.05, 0) is 23.3 Å². The Labute approximate surface area is 161 Å². The maximum Gasteiger partial charge on any atom is 0.195 e.